The van der Waals surface area contributed by atoms with Crippen molar-refractivity contribution in [2.45, 2.75) is 57.6 Å². The van der Waals surface area contributed by atoms with E-state index in [1.807, 2.05) is 0 Å². The second-order valence-corrected chi connectivity index (χ2v) is 7.59. The van der Waals surface area contributed by atoms with Gasteiger partial charge in [0.1, 0.15) is 0 Å². The number of carbonyl (C=O) groups excluding carboxylic acids is 1. The Morgan fingerprint density at radius 2 is 1.76 bits per heavy atom. The van der Waals surface area contributed by atoms with Crippen molar-refractivity contribution in [3.05, 3.63) is 0 Å². The molecule has 8 heteroatoms. The quantitative estimate of drug-likeness (QED) is 0.599. The first-order valence-electron chi connectivity index (χ1n) is 7.00. The number of alkyl halides is 2. The Morgan fingerprint density at radius 3 is 2.24 bits per heavy atom. The molecule has 0 heterocycles. The lowest BCUT2D eigenvalue weighted by atomic mass is 9.89. The Morgan fingerprint density at radius 1 is 1.24 bits per heavy atom. The minimum atomic E-state index is -5.51. The number of rotatable bonds is 6. The maximum absolute atomic E-state index is 13.6. The molecule has 1 rings (SSSR count). The van der Waals surface area contributed by atoms with Gasteiger partial charge in [-0.05, 0) is 19.3 Å². The predicted octanol–water partition coefficient (Wildman–Crippen LogP) is 3.01. The van der Waals surface area contributed by atoms with E-state index in [0.717, 1.165) is 46.0 Å². The average molecular weight is 328 g/mol. The van der Waals surface area contributed by atoms with E-state index in [9.17, 15) is 22.0 Å². The highest BCUT2D eigenvalue weighted by atomic mass is 32.2. The molecular formula is C13H22F2O5S. The smallest absolute Gasteiger partial charge is 0.375 e. The number of hydrogen-bond acceptors (Lipinski definition) is 4. The molecule has 0 unspecified atom stereocenters. The molecule has 124 valence electrons. The highest BCUT2D eigenvalue weighted by molar-refractivity contribution is 7.86. The number of esters is 1. The molecular weight excluding hydrogens is 306 g/mol. The summed E-state index contributed by atoms with van der Waals surface area (Å²) in [6.07, 6.45) is 4.10. The van der Waals surface area contributed by atoms with Gasteiger partial charge in [-0.15, -0.1) is 0 Å². The fourth-order valence-corrected chi connectivity index (χ4v) is 3.16. The van der Waals surface area contributed by atoms with Crippen LogP contribution in [0.15, 0.2) is 0 Å². The zero-order chi connectivity index (χ0) is 16.3. The standard InChI is InChI=1S/C13H22F2O5S/c1-12(2,13(14,15)21(17,18)19)8-9-20-11(16)10-6-4-3-5-7-10/h10H,3-9H2,1-2H3,(H,17,18,19). The summed E-state index contributed by atoms with van der Waals surface area (Å²) >= 11 is 0. The molecule has 1 saturated carbocycles. The van der Waals surface area contributed by atoms with Gasteiger partial charge < -0.3 is 4.74 Å². The molecule has 21 heavy (non-hydrogen) atoms. The van der Waals surface area contributed by atoms with Crippen molar-refractivity contribution >= 4 is 16.1 Å². The maximum Gasteiger partial charge on any atom is 0.375 e. The molecule has 0 saturated heterocycles. The van der Waals surface area contributed by atoms with Crippen molar-refractivity contribution in [2.24, 2.45) is 11.3 Å². The molecule has 0 amide bonds. The highest BCUT2D eigenvalue weighted by Crippen LogP contribution is 2.42. The molecule has 1 aliphatic rings. The lowest BCUT2D eigenvalue weighted by Gasteiger charge is -2.31. The van der Waals surface area contributed by atoms with E-state index in [1.165, 1.54) is 0 Å². The van der Waals surface area contributed by atoms with E-state index in [1.54, 1.807) is 0 Å². The molecule has 0 aliphatic heterocycles. The van der Waals surface area contributed by atoms with E-state index >= 15 is 0 Å². The van der Waals surface area contributed by atoms with Gasteiger partial charge in [0.15, 0.2) is 0 Å². The van der Waals surface area contributed by atoms with Gasteiger partial charge in [-0.3, -0.25) is 9.35 Å². The Balaban J connectivity index is 2.52. The van der Waals surface area contributed by atoms with Gasteiger partial charge in [0.25, 0.3) is 0 Å². The van der Waals surface area contributed by atoms with Crippen LogP contribution >= 0.6 is 0 Å². The highest BCUT2D eigenvalue weighted by Gasteiger charge is 2.56. The molecule has 0 spiro atoms. The van der Waals surface area contributed by atoms with Crippen LogP contribution in [0.3, 0.4) is 0 Å². The molecule has 1 N–H and O–H groups in total. The monoisotopic (exact) mass is 328 g/mol. The van der Waals surface area contributed by atoms with Gasteiger partial charge in [0, 0.05) is 5.41 Å². The molecule has 0 aromatic rings. The minimum absolute atomic E-state index is 0.191. The lowest BCUT2D eigenvalue weighted by Crippen LogP contribution is -2.44. The molecule has 0 bridgehead atoms. The van der Waals surface area contributed by atoms with Gasteiger partial charge in [-0.25, -0.2) is 0 Å². The van der Waals surface area contributed by atoms with Crippen LogP contribution in [0.5, 0.6) is 0 Å². The van der Waals surface area contributed by atoms with Crippen LogP contribution < -0.4 is 0 Å². The number of halogens is 2. The third kappa shape index (κ3) is 4.35. The summed E-state index contributed by atoms with van der Waals surface area (Å²) in [7, 11) is -5.51. The molecule has 0 radical (unpaired) electrons. The van der Waals surface area contributed by atoms with Crippen LogP contribution in [0.4, 0.5) is 8.78 Å². The van der Waals surface area contributed by atoms with Crippen molar-refractivity contribution in [2.75, 3.05) is 6.61 Å². The lowest BCUT2D eigenvalue weighted by molar-refractivity contribution is -0.151. The zero-order valence-corrected chi connectivity index (χ0v) is 13.1. The fourth-order valence-electron chi connectivity index (χ4n) is 2.36. The largest absolute Gasteiger partial charge is 0.465 e. The second-order valence-electron chi connectivity index (χ2n) is 6.13. The summed E-state index contributed by atoms with van der Waals surface area (Å²) in [6, 6.07) is 0. The minimum Gasteiger partial charge on any atom is -0.465 e. The van der Waals surface area contributed by atoms with Crippen LogP contribution in [0.1, 0.15) is 52.4 Å². The Kier molecular flexibility index (Phi) is 5.71. The van der Waals surface area contributed by atoms with E-state index in [0.29, 0.717) is 0 Å². The van der Waals surface area contributed by atoms with Crippen LogP contribution in [-0.4, -0.2) is 30.8 Å². The summed E-state index contributed by atoms with van der Waals surface area (Å²) in [5.41, 5.74) is -2.03. The van der Waals surface area contributed by atoms with Crippen molar-refractivity contribution in [3.63, 3.8) is 0 Å². The van der Waals surface area contributed by atoms with E-state index in [4.69, 9.17) is 9.29 Å². The van der Waals surface area contributed by atoms with Crippen LogP contribution in [-0.2, 0) is 19.6 Å². The molecule has 0 aromatic heterocycles. The van der Waals surface area contributed by atoms with Crippen molar-refractivity contribution in [3.8, 4) is 0 Å². The first-order chi connectivity index (χ1) is 9.49. The Hall–Kier alpha value is -0.760. The van der Waals surface area contributed by atoms with E-state index < -0.39 is 26.8 Å². The number of ether oxygens (including phenoxy) is 1. The SMILES string of the molecule is CC(C)(CCOC(=O)C1CCCCC1)C(F)(F)S(=O)(=O)O. The van der Waals surface area contributed by atoms with Crippen LogP contribution in [0.25, 0.3) is 0 Å². The number of carbonyl (C=O) groups is 1. The van der Waals surface area contributed by atoms with Gasteiger partial charge in [0.05, 0.1) is 12.5 Å². The van der Waals surface area contributed by atoms with Crippen molar-refractivity contribution in [1.82, 2.24) is 0 Å². The van der Waals surface area contributed by atoms with Crippen LogP contribution in [0.2, 0.25) is 0 Å². The first kappa shape index (κ1) is 18.3. The molecule has 0 atom stereocenters. The Bertz CT molecular complexity index is 467. The third-order valence-electron chi connectivity index (χ3n) is 4.02. The zero-order valence-electron chi connectivity index (χ0n) is 12.3. The summed E-state index contributed by atoms with van der Waals surface area (Å²) in [5, 5.41) is -4.29. The summed E-state index contributed by atoms with van der Waals surface area (Å²) in [5.74, 6) is -0.607. The maximum atomic E-state index is 13.6. The normalized spacial score (nSPS) is 18.5. The topological polar surface area (TPSA) is 80.7 Å². The second kappa shape index (κ2) is 6.56. The van der Waals surface area contributed by atoms with E-state index in [2.05, 4.69) is 0 Å². The van der Waals surface area contributed by atoms with Crippen LogP contribution in [0, 0.1) is 11.3 Å². The predicted molar refractivity (Wildman–Crippen MR) is 72.4 cm³/mol. The van der Waals surface area contributed by atoms with Crippen molar-refractivity contribution in [1.29, 1.82) is 0 Å². The van der Waals surface area contributed by atoms with E-state index in [-0.39, 0.29) is 18.9 Å². The van der Waals surface area contributed by atoms with Gasteiger partial charge in [0.2, 0.25) is 0 Å². The first-order valence-corrected chi connectivity index (χ1v) is 8.44. The van der Waals surface area contributed by atoms with Gasteiger partial charge in [-0.2, -0.15) is 17.2 Å². The molecule has 1 aliphatic carbocycles. The molecule has 5 nitrogen and oxygen atoms in total. The summed E-state index contributed by atoms with van der Waals surface area (Å²) in [6.45, 7) is 1.72. The fraction of sp³-hybridized carbons (Fsp3) is 0.923. The third-order valence-corrected chi connectivity index (χ3v) is 5.22. The van der Waals surface area contributed by atoms with Gasteiger partial charge >= 0.3 is 21.3 Å². The molecule has 0 aromatic carbocycles. The Labute approximate surface area is 123 Å². The summed E-state index contributed by atoms with van der Waals surface area (Å²) in [4.78, 5) is 11.8. The molecule has 1 fully saturated rings. The van der Waals surface area contributed by atoms with Gasteiger partial charge in [-0.1, -0.05) is 33.1 Å². The van der Waals surface area contributed by atoms with Crippen molar-refractivity contribution < 1.29 is 31.3 Å². The average Bonchev–Trinajstić information content (AvgIpc) is 2.38. The number of hydrogen-bond donors (Lipinski definition) is 1. The summed E-state index contributed by atoms with van der Waals surface area (Å²) < 4.78 is 62.3.